The average Bonchev–Trinajstić information content (AvgIpc) is 2.35. The van der Waals surface area contributed by atoms with Crippen LogP contribution in [0.5, 0.6) is 0 Å². The molecule has 18 heavy (non-hydrogen) atoms. The topological polar surface area (TPSA) is 32.3 Å². The molecule has 0 radical (unpaired) electrons. The van der Waals surface area contributed by atoms with Crippen molar-refractivity contribution >= 4 is 17.4 Å². The number of aromatic nitrogens is 2. The molecule has 1 atom stereocenters. The predicted molar refractivity (Wildman–Crippen MR) is 75.4 cm³/mol. The van der Waals surface area contributed by atoms with Crippen LogP contribution in [0, 0.1) is 13.8 Å². The molecule has 4 nitrogen and oxygen atoms in total. The maximum atomic E-state index is 6.23. The third kappa shape index (κ3) is 2.59. The normalized spacial score (nSPS) is 21.4. The number of hydrogen-bond acceptors (Lipinski definition) is 4. The summed E-state index contributed by atoms with van der Waals surface area (Å²) >= 11 is 6.23. The Morgan fingerprint density at radius 3 is 2.56 bits per heavy atom. The highest BCUT2D eigenvalue weighted by Crippen LogP contribution is 2.25. The van der Waals surface area contributed by atoms with Gasteiger partial charge in [0.15, 0.2) is 11.0 Å². The summed E-state index contributed by atoms with van der Waals surface area (Å²) < 4.78 is 0. The van der Waals surface area contributed by atoms with Crippen LogP contribution in [-0.4, -0.2) is 47.6 Å². The van der Waals surface area contributed by atoms with Gasteiger partial charge in [0.25, 0.3) is 0 Å². The summed E-state index contributed by atoms with van der Waals surface area (Å²) in [6.45, 7) is 9.13. The number of piperazine rings is 1. The van der Waals surface area contributed by atoms with Gasteiger partial charge < -0.3 is 4.90 Å². The minimum Gasteiger partial charge on any atom is -0.351 e. The van der Waals surface area contributed by atoms with Gasteiger partial charge in [0.1, 0.15) is 0 Å². The third-order valence-corrected chi connectivity index (χ3v) is 4.05. The zero-order valence-electron chi connectivity index (χ0n) is 11.6. The van der Waals surface area contributed by atoms with Crippen molar-refractivity contribution in [2.45, 2.75) is 33.2 Å². The van der Waals surface area contributed by atoms with E-state index in [4.69, 9.17) is 11.6 Å². The zero-order chi connectivity index (χ0) is 13.3. The van der Waals surface area contributed by atoms with E-state index in [1.165, 1.54) is 0 Å². The summed E-state index contributed by atoms with van der Waals surface area (Å²) in [5.74, 6) is 0.839. The molecule has 1 aliphatic rings. The standard InChI is InChI=1S/C13H21ClN4/c1-5-11-8-18(7-6-17(11)4)13-12(14)15-9(2)10(3)16-13/h11H,5-8H2,1-4H3. The molecule has 1 saturated heterocycles. The first-order valence-electron chi connectivity index (χ1n) is 6.48. The molecule has 1 aromatic heterocycles. The Morgan fingerprint density at radius 2 is 1.89 bits per heavy atom. The Hall–Kier alpha value is -0.870. The van der Waals surface area contributed by atoms with Crippen molar-refractivity contribution in [1.29, 1.82) is 0 Å². The lowest BCUT2D eigenvalue weighted by Crippen LogP contribution is -2.51. The first kappa shape index (κ1) is 13.6. The van der Waals surface area contributed by atoms with Crippen LogP contribution in [-0.2, 0) is 0 Å². The zero-order valence-corrected chi connectivity index (χ0v) is 12.3. The van der Waals surface area contributed by atoms with Crippen molar-refractivity contribution in [2.24, 2.45) is 0 Å². The monoisotopic (exact) mass is 268 g/mol. The molecule has 1 aliphatic heterocycles. The van der Waals surface area contributed by atoms with Crippen LogP contribution in [0.1, 0.15) is 24.7 Å². The number of anilines is 1. The average molecular weight is 269 g/mol. The smallest absolute Gasteiger partial charge is 0.171 e. The van der Waals surface area contributed by atoms with Crippen LogP contribution >= 0.6 is 11.6 Å². The number of aryl methyl sites for hydroxylation is 2. The van der Waals surface area contributed by atoms with Gasteiger partial charge in [-0.15, -0.1) is 0 Å². The number of hydrogen-bond donors (Lipinski definition) is 0. The molecule has 1 unspecified atom stereocenters. The van der Waals surface area contributed by atoms with E-state index in [1.54, 1.807) is 0 Å². The van der Waals surface area contributed by atoms with Crippen molar-refractivity contribution < 1.29 is 0 Å². The summed E-state index contributed by atoms with van der Waals surface area (Å²) in [5, 5.41) is 0.525. The molecule has 0 bridgehead atoms. The van der Waals surface area contributed by atoms with Crippen LogP contribution in [0.15, 0.2) is 0 Å². The highest BCUT2D eigenvalue weighted by atomic mass is 35.5. The van der Waals surface area contributed by atoms with Gasteiger partial charge in [0.2, 0.25) is 0 Å². The second-order valence-electron chi connectivity index (χ2n) is 5.00. The van der Waals surface area contributed by atoms with Crippen LogP contribution in [0.25, 0.3) is 0 Å². The van der Waals surface area contributed by atoms with E-state index in [9.17, 15) is 0 Å². The Balaban J connectivity index is 2.24. The van der Waals surface area contributed by atoms with Gasteiger partial charge in [-0.05, 0) is 27.3 Å². The van der Waals surface area contributed by atoms with Gasteiger partial charge in [-0.25, -0.2) is 9.97 Å². The Kier molecular flexibility index (Phi) is 4.07. The lowest BCUT2D eigenvalue weighted by atomic mass is 10.1. The summed E-state index contributed by atoms with van der Waals surface area (Å²) in [6.07, 6.45) is 1.14. The predicted octanol–water partition coefficient (Wildman–Crippen LogP) is 2.28. The molecular weight excluding hydrogens is 248 g/mol. The van der Waals surface area contributed by atoms with Crippen molar-refractivity contribution in [3.8, 4) is 0 Å². The molecular formula is C13H21ClN4. The van der Waals surface area contributed by atoms with Gasteiger partial charge in [0.05, 0.1) is 11.4 Å². The van der Waals surface area contributed by atoms with E-state index in [1.807, 2.05) is 13.8 Å². The van der Waals surface area contributed by atoms with Gasteiger partial charge in [-0.2, -0.15) is 0 Å². The van der Waals surface area contributed by atoms with Gasteiger partial charge in [-0.1, -0.05) is 18.5 Å². The van der Waals surface area contributed by atoms with Crippen LogP contribution < -0.4 is 4.90 Å². The van der Waals surface area contributed by atoms with Gasteiger partial charge in [-0.3, -0.25) is 4.90 Å². The molecule has 5 heteroatoms. The maximum Gasteiger partial charge on any atom is 0.171 e. The van der Waals surface area contributed by atoms with E-state index < -0.39 is 0 Å². The lowest BCUT2D eigenvalue weighted by Gasteiger charge is -2.39. The van der Waals surface area contributed by atoms with E-state index in [0.717, 1.165) is 43.3 Å². The SMILES string of the molecule is CCC1CN(c2nc(C)c(C)nc2Cl)CCN1C. The lowest BCUT2D eigenvalue weighted by molar-refractivity contribution is 0.213. The van der Waals surface area contributed by atoms with E-state index >= 15 is 0 Å². The molecule has 2 rings (SSSR count). The van der Waals surface area contributed by atoms with Crippen LogP contribution in [0.4, 0.5) is 5.82 Å². The molecule has 0 saturated carbocycles. The Labute approximate surface area is 114 Å². The molecule has 0 N–H and O–H groups in total. The van der Waals surface area contributed by atoms with Crippen molar-refractivity contribution in [3.63, 3.8) is 0 Å². The molecule has 0 aromatic carbocycles. The quantitative estimate of drug-likeness (QED) is 0.824. The summed E-state index contributed by atoms with van der Waals surface area (Å²) in [4.78, 5) is 13.6. The summed E-state index contributed by atoms with van der Waals surface area (Å²) in [6, 6.07) is 0.568. The van der Waals surface area contributed by atoms with Crippen molar-refractivity contribution in [3.05, 3.63) is 16.5 Å². The summed E-state index contributed by atoms with van der Waals surface area (Å²) in [5.41, 5.74) is 1.87. The van der Waals surface area contributed by atoms with Crippen LogP contribution in [0.2, 0.25) is 5.15 Å². The second kappa shape index (κ2) is 5.41. The Morgan fingerprint density at radius 1 is 1.22 bits per heavy atom. The fourth-order valence-electron chi connectivity index (χ4n) is 2.34. The van der Waals surface area contributed by atoms with E-state index in [2.05, 4.69) is 33.7 Å². The van der Waals surface area contributed by atoms with Crippen molar-refractivity contribution in [2.75, 3.05) is 31.6 Å². The van der Waals surface area contributed by atoms with Gasteiger partial charge >= 0.3 is 0 Å². The highest BCUT2D eigenvalue weighted by molar-refractivity contribution is 6.31. The Bertz CT molecular complexity index is 435. The number of rotatable bonds is 2. The number of nitrogens with zero attached hydrogens (tertiary/aromatic N) is 4. The van der Waals surface area contributed by atoms with Crippen LogP contribution in [0.3, 0.4) is 0 Å². The molecule has 0 aliphatic carbocycles. The molecule has 100 valence electrons. The number of likely N-dealkylation sites (N-methyl/N-ethyl adjacent to an activating group) is 1. The number of halogens is 1. The molecule has 0 amide bonds. The largest absolute Gasteiger partial charge is 0.351 e. The fraction of sp³-hybridized carbons (Fsp3) is 0.692. The molecule has 1 fully saturated rings. The third-order valence-electron chi connectivity index (χ3n) is 3.80. The highest BCUT2D eigenvalue weighted by Gasteiger charge is 2.25. The summed E-state index contributed by atoms with van der Waals surface area (Å²) in [7, 11) is 2.18. The fourth-order valence-corrected chi connectivity index (χ4v) is 2.63. The van der Waals surface area contributed by atoms with Crippen molar-refractivity contribution in [1.82, 2.24) is 14.9 Å². The second-order valence-corrected chi connectivity index (χ2v) is 5.36. The first-order chi connectivity index (χ1) is 8.52. The molecule has 2 heterocycles. The molecule has 0 spiro atoms. The first-order valence-corrected chi connectivity index (χ1v) is 6.86. The van der Waals surface area contributed by atoms with E-state index in [-0.39, 0.29) is 0 Å². The van der Waals surface area contributed by atoms with Gasteiger partial charge in [0, 0.05) is 25.7 Å². The molecule has 1 aromatic rings. The van der Waals surface area contributed by atoms with E-state index in [0.29, 0.717) is 11.2 Å². The minimum atomic E-state index is 0.525. The minimum absolute atomic E-state index is 0.525. The maximum absolute atomic E-state index is 6.23.